The fourth-order valence-electron chi connectivity index (χ4n) is 5.75. The number of nitrogens with two attached hydrogens (primary N) is 1. The first-order chi connectivity index (χ1) is 17.9. The Bertz CT molecular complexity index is 1080. The van der Waals surface area contributed by atoms with Crippen molar-refractivity contribution in [1.82, 2.24) is 10.2 Å². The second-order valence-electron chi connectivity index (χ2n) is 10.9. The maximum atomic E-state index is 11.0. The van der Waals surface area contributed by atoms with Crippen LogP contribution in [0.25, 0.3) is 0 Å². The van der Waals surface area contributed by atoms with E-state index in [4.69, 9.17) is 27.3 Å². The van der Waals surface area contributed by atoms with Crippen LogP contribution in [0.4, 0.5) is 5.82 Å². The Morgan fingerprint density at radius 3 is 2.32 bits per heavy atom. The molecule has 1 amide bonds. The monoisotopic (exact) mass is 523 g/mol. The highest BCUT2D eigenvalue weighted by Gasteiger charge is 2.37. The lowest BCUT2D eigenvalue weighted by Crippen LogP contribution is -2.42. The van der Waals surface area contributed by atoms with Crippen molar-refractivity contribution in [1.29, 1.82) is 5.26 Å². The summed E-state index contributed by atoms with van der Waals surface area (Å²) in [7, 11) is 0. The Labute approximate surface area is 225 Å². The lowest BCUT2D eigenvalue weighted by atomic mass is 9.66. The van der Waals surface area contributed by atoms with Gasteiger partial charge in [0.05, 0.1) is 16.7 Å². The number of nitriles is 1. The Hall–Kier alpha value is -2.85. The molecule has 1 aromatic carbocycles. The molecule has 2 heterocycles. The van der Waals surface area contributed by atoms with E-state index in [1.807, 2.05) is 18.2 Å². The third kappa shape index (κ3) is 7.35. The highest BCUT2D eigenvalue weighted by Crippen LogP contribution is 2.46. The molecule has 2 N–H and O–H groups in total. The highest BCUT2D eigenvalue weighted by atomic mass is 35.5. The number of anilines is 1. The number of hydrogen-bond acceptors (Lipinski definition) is 6. The first kappa shape index (κ1) is 27.2. The summed E-state index contributed by atoms with van der Waals surface area (Å²) in [5.74, 6) is 2.01. The van der Waals surface area contributed by atoms with E-state index in [9.17, 15) is 4.79 Å². The summed E-state index contributed by atoms with van der Waals surface area (Å²) < 4.78 is 5.84. The predicted molar refractivity (Wildman–Crippen MR) is 146 cm³/mol. The first-order valence-electron chi connectivity index (χ1n) is 13.6. The van der Waals surface area contributed by atoms with Crippen molar-refractivity contribution in [3.8, 4) is 11.8 Å². The third-order valence-electron chi connectivity index (χ3n) is 8.30. The molecule has 198 valence electrons. The maximum Gasteiger partial charge on any atom is 0.269 e. The van der Waals surface area contributed by atoms with Gasteiger partial charge in [0.15, 0.2) is 11.5 Å². The molecule has 7 nitrogen and oxygen atoms in total. The molecule has 2 aromatic rings. The van der Waals surface area contributed by atoms with Gasteiger partial charge in [0.25, 0.3) is 5.91 Å². The van der Waals surface area contributed by atoms with Gasteiger partial charge in [-0.2, -0.15) is 5.26 Å². The molecule has 1 saturated heterocycles. The number of amides is 1. The van der Waals surface area contributed by atoms with Gasteiger partial charge in [-0.3, -0.25) is 4.79 Å². The minimum atomic E-state index is -0.525. The highest BCUT2D eigenvalue weighted by molar-refractivity contribution is 6.31. The average Bonchev–Trinajstić information content (AvgIpc) is 2.92. The number of primary amides is 1. The Kier molecular flexibility index (Phi) is 9.26. The van der Waals surface area contributed by atoms with Gasteiger partial charge in [0.1, 0.15) is 11.8 Å². The smallest absolute Gasteiger partial charge is 0.269 e. The van der Waals surface area contributed by atoms with Gasteiger partial charge in [-0.15, -0.1) is 10.2 Å². The lowest BCUT2D eigenvalue weighted by Gasteiger charge is -2.45. The molecule has 5 rings (SSSR count). The molecule has 8 heteroatoms. The van der Waals surface area contributed by atoms with E-state index in [1.165, 1.54) is 57.8 Å². The number of ether oxygens (including phenoxy) is 1. The summed E-state index contributed by atoms with van der Waals surface area (Å²) in [4.78, 5) is 13.3. The molecule has 0 atom stereocenters. The number of rotatable bonds is 4. The fraction of sp³-hybridized carbons (Fsp3) is 0.586. The van der Waals surface area contributed by atoms with Gasteiger partial charge >= 0.3 is 0 Å². The molecule has 1 aliphatic heterocycles. The minimum absolute atomic E-state index is 0.230. The zero-order valence-electron chi connectivity index (χ0n) is 21.8. The van der Waals surface area contributed by atoms with Crippen LogP contribution in [-0.2, 0) is 0 Å². The SMILES string of the molecule is CC1CCC2(CC1)CCN(c1ccc(C(N)=O)nn1)CC2.N#Cc1ccc(OC2CCCCC2)cc1Cl. The van der Waals surface area contributed by atoms with Crippen LogP contribution in [0.3, 0.4) is 0 Å². The van der Waals surface area contributed by atoms with Crippen molar-refractivity contribution in [2.45, 2.75) is 83.7 Å². The van der Waals surface area contributed by atoms with Crippen molar-refractivity contribution in [3.63, 3.8) is 0 Å². The summed E-state index contributed by atoms with van der Waals surface area (Å²) >= 11 is 5.94. The van der Waals surface area contributed by atoms with Crippen LogP contribution in [0.2, 0.25) is 5.02 Å². The van der Waals surface area contributed by atoms with Gasteiger partial charge in [-0.25, -0.2) is 0 Å². The van der Waals surface area contributed by atoms with E-state index in [-0.39, 0.29) is 5.69 Å². The molecule has 3 fully saturated rings. The third-order valence-corrected chi connectivity index (χ3v) is 8.61. The Balaban J connectivity index is 0.000000180. The van der Waals surface area contributed by atoms with Gasteiger partial charge in [0.2, 0.25) is 0 Å². The molecule has 2 saturated carbocycles. The zero-order valence-corrected chi connectivity index (χ0v) is 22.6. The van der Waals surface area contributed by atoms with Crippen LogP contribution in [0, 0.1) is 22.7 Å². The largest absolute Gasteiger partial charge is 0.490 e. The molecule has 2 aliphatic carbocycles. The van der Waals surface area contributed by atoms with Crippen molar-refractivity contribution in [2.75, 3.05) is 18.0 Å². The van der Waals surface area contributed by atoms with Crippen LogP contribution >= 0.6 is 11.6 Å². The van der Waals surface area contributed by atoms with Crippen molar-refractivity contribution in [3.05, 3.63) is 46.6 Å². The van der Waals surface area contributed by atoms with Crippen LogP contribution < -0.4 is 15.4 Å². The van der Waals surface area contributed by atoms with Crippen molar-refractivity contribution >= 4 is 23.3 Å². The quantitative estimate of drug-likeness (QED) is 0.504. The lowest BCUT2D eigenvalue weighted by molar-refractivity contribution is 0.0994. The maximum absolute atomic E-state index is 11.0. The van der Waals surface area contributed by atoms with Crippen LogP contribution in [-0.4, -0.2) is 35.3 Å². The average molecular weight is 524 g/mol. The summed E-state index contributed by atoms with van der Waals surface area (Å²) in [6.45, 7) is 4.45. The summed E-state index contributed by atoms with van der Waals surface area (Å²) in [6.07, 6.45) is 14.4. The topological polar surface area (TPSA) is 105 Å². The van der Waals surface area contributed by atoms with E-state index in [2.05, 4.69) is 22.0 Å². The molecule has 0 bridgehead atoms. The van der Waals surface area contributed by atoms with E-state index < -0.39 is 5.91 Å². The molecule has 0 radical (unpaired) electrons. The Morgan fingerprint density at radius 1 is 1.05 bits per heavy atom. The molecule has 1 spiro atoms. The van der Waals surface area contributed by atoms with Gasteiger partial charge < -0.3 is 15.4 Å². The first-order valence-corrected chi connectivity index (χ1v) is 14.0. The minimum Gasteiger partial charge on any atom is -0.490 e. The number of piperidine rings is 1. The molecule has 0 unspecified atom stereocenters. The van der Waals surface area contributed by atoms with Crippen molar-refractivity contribution < 1.29 is 9.53 Å². The molecular formula is C29H38ClN5O2. The van der Waals surface area contributed by atoms with E-state index >= 15 is 0 Å². The standard InChI is InChI=1S/C16H24N4O.C13H14ClNO/c1-12-4-6-16(7-5-12)8-10-20(11-9-16)14-3-2-13(15(17)21)18-19-14;14-13-8-12(7-6-10(13)9-15)16-11-4-2-1-3-5-11/h2-3,12H,4-11H2,1H3,(H2,17,21);6-8,11H,1-5H2. The summed E-state index contributed by atoms with van der Waals surface area (Å²) in [5, 5.41) is 17.3. The van der Waals surface area contributed by atoms with Gasteiger partial charge in [-0.1, -0.05) is 37.8 Å². The van der Waals surface area contributed by atoms with E-state index in [0.717, 1.165) is 43.4 Å². The van der Waals surface area contributed by atoms with E-state index in [0.29, 0.717) is 22.1 Å². The number of aromatic nitrogens is 2. The second kappa shape index (κ2) is 12.6. The summed E-state index contributed by atoms with van der Waals surface area (Å²) in [5.41, 5.74) is 6.49. The van der Waals surface area contributed by atoms with Crippen molar-refractivity contribution in [2.24, 2.45) is 17.1 Å². The van der Waals surface area contributed by atoms with Crippen LogP contribution in [0.5, 0.6) is 5.75 Å². The van der Waals surface area contributed by atoms with Gasteiger partial charge in [-0.05, 0) is 87.0 Å². The zero-order chi connectivity index (χ0) is 26.3. The number of carbonyl (C=O) groups is 1. The summed E-state index contributed by atoms with van der Waals surface area (Å²) in [6, 6.07) is 10.8. The van der Waals surface area contributed by atoms with Crippen LogP contribution in [0.1, 0.15) is 93.6 Å². The molecule has 3 aliphatic rings. The number of benzene rings is 1. The molecule has 1 aromatic heterocycles. The second-order valence-corrected chi connectivity index (χ2v) is 11.3. The number of carbonyl (C=O) groups excluding carboxylic acids is 1. The van der Waals surface area contributed by atoms with Gasteiger partial charge in [0, 0.05) is 19.2 Å². The number of nitrogens with zero attached hydrogens (tertiary/aromatic N) is 4. The fourth-order valence-corrected chi connectivity index (χ4v) is 5.96. The predicted octanol–water partition coefficient (Wildman–Crippen LogP) is 6.30. The van der Waals surface area contributed by atoms with E-state index in [1.54, 1.807) is 18.2 Å². The Morgan fingerprint density at radius 2 is 1.76 bits per heavy atom. The van der Waals surface area contributed by atoms with Crippen LogP contribution in [0.15, 0.2) is 30.3 Å². The number of hydrogen-bond donors (Lipinski definition) is 1. The number of halogens is 1. The molecular weight excluding hydrogens is 486 g/mol. The normalized spacial score (nSPS) is 20.0. The molecule has 37 heavy (non-hydrogen) atoms.